The van der Waals surface area contributed by atoms with Crippen molar-refractivity contribution in [3.8, 4) is 11.5 Å². The minimum Gasteiger partial charge on any atom is -0.503 e. The molecule has 0 spiro atoms. The van der Waals surface area contributed by atoms with Gasteiger partial charge in [-0.2, -0.15) is 13.5 Å². The predicted molar refractivity (Wildman–Crippen MR) is 96.2 cm³/mol. The number of halogens is 1. The minimum atomic E-state index is -3.76. The molecule has 0 unspecified atom stereocenters. The number of phenols is 1. The van der Waals surface area contributed by atoms with Gasteiger partial charge in [0, 0.05) is 5.56 Å². The van der Waals surface area contributed by atoms with Gasteiger partial charge in [0.25, 0.3) is 10.0 Å². The second kappa shape index (κ2) is 7.23. The van der Waals surface area contributed by atoms with Crippen LogP contribution in [0.2, 0.25) is 0 Å². The Kier molecular flexibility index (Phi) is 5.51. The lowest BCUT2D eigenvalue weighted by atomic mass is 10.1. The summed E-state index contributed by atoms with van der Waals surface area (Å²) in [5.74, 6) is 0.216. The van der Waals surface area contributed by atoms with Crippen LogP contribution in [0.3, 0.4) is 0 Å². The van der Waals surface area contributed by atoms with E-state index < -0.39 is 10.0 Å². The number of aromatic hydroxyl groups is 1. The van der Waals surface area contributed by atoms with Crippen LogP contribution in [0.25, 0.3) is 0 Å². The van der Waals surface area contributed by atoms with Gasteiger partial charge in [-0.05, 0) is 65.2 Å². The van der Waals surface area contributed by atoms with Crippen molar-refractivity contribution in [2.45, 2.75) is 18.7 Å². The summed E-state index contributed by atoms with van der Waals surface area (Å²) in [6.45, 7) is 3.75. The topological polar surface area (TPSA) is 88.0 Å². The van der Waals surface area contributed by atoms with Crippen LogP contribution in [0.15, 0.2) is 44.8 Å². The first kappa shape index (κ1) is 18.3. The number of methoxy groups -OCH3 is 1. The molecule has 24 heavy (non-hydrogen) atoms. The summed E-state index contributed by atoms with van der Waals surface area (Å²) in [5, 5.41) is 13.7. The predicted octanol–water partition coefficient (Wildman–Crippen LogP) is 3.09. The molecule has 0 bridgehead atoms. The van der Waals surface area contributed by atoms with Gasteiger partial charge in [0.1, 0.15) is 0 Å². The monoisotopic (exact) mass is 412 g/mol. The van der Waals surface area contributed by atoms with Gasteiger partial charge in [0.05, 0.1) is 22.7 Å². The Balaban J connectivity index is 2.22. The molecular weight excluding hydrogens is 396 g/mol. The van der Waals surface area contributed by atoms with Gasteiger partial charge in [-0.1, -0.05) is 6.07 Å². The maximum atomic E-state index is 12.2. The molecule has 0 aliphatic heterocycles. The van der Waals surface area contributed by atoms with Crippen molar-refractivity contribution in [3.05, 3.63) is 51.5 Å². The number of benzene rings is 2. The number of hydrogen-bond donors (Lipinski definition) is 2. The molecule has 0 saturated carbocycles. The summed E-state index contributed by atoms with van der Waals surface area (Å²) in [5.41, 5.74) is 2.39. The number of nitrogens with one attached hydrogen (secondary N) is 1. The van der Waals surface area contributed by atoms with E-state index >= 15 is 0 Å². The normalized spacial score (nSPS) is 11.7. The Morgan fingerprint density at radius 1 is 1.21 bits per heavy atom. The lowest BCUT2D eigenvalue weighted by Gasteiger charge is -2.08. The van der Waals surface area contributed by atoms with E-state index in [-0.39, 0.29) is 10.6 Å². The van der Waals surface area contributed by atoms with Crippen molar-refractivity contribution in [2.24, 2.45) is 5.10 Å². The van der Waals surface area contributed by atoms with E-state index in [2.05, 4.69) is 25.9 Å². The third kappa shape index (κ3) is 3.88. The second-order valence-corrected chi connectivity index (χ2v) is 7.57. The fraction of sp³-hybridized carbons (Fsp3) is 0.188. The third-order valence-electron chi connectivity index (χ3n) is 3.49. The summed E-state index contributed by atoms with van der Waals surface area (Å²) in [6, 6.07) is 8.04. The third-order valence-corrected chi connectivity index (χ3v) is 5.55. The molecule has 0 aromatic heterocycles. The minimum absolute atomic E-state index is 0.0848. The standard InChI is InChI=1S/C16H17BrN2O4S/c1-10-4-6-13(8-11(10)2)24(21,22)19-18-9-12-5-7-14(23-3)16(20)15(12)17/h4-9,19-20H,1-3H3/b18-9+. The van der Waals surface area contributed by atoms with Crippen molar-refractivity contribution < 1.29 is 18.3 Å². The second-order valence-electron chi connectivity index (χ2n) is 5.12. The average Bonchev–Trinajstić information content (AvgIpc) is 2.54. The van der Waals surface area contributed by atoms with Gasteiger partial charge in [-0.15, -0.1) is 0 Å². The molecule has 0 saturated heterocycles. The Hall–Kier alpha value is -2.06. The molecule has 0 aliphatic rings. The van der Waals surface area contributed by atoms with Gasteiger partial charge in [0.15, 0.2) is 11.5 Å². The zero-order valence-corrected chi connectivity index (χ0v) is 15.8. The Morgan fingerprint density at radius 3 is 2.54 bits per heavy atom. The Labute approximate surface area is 149 Å². The highest BCUT2D eigenvalue weighted by Crippen LogP contribution is 2.35. The van der Waals surface area contributed by atoms with Gasteiger partial charge in [-0.25, -0.2) is 4.83 Å². The van der Waals surface area contributed by atoms with Crippen LogP contribution < -0.4 is 9.57 Å². The molecule has 2 N–H and O–H groups in total. The first-order valence-electron chi connectivity index (χ1n) is 6.94. The van der Waals surface area contributed by atoms with Crippen LogP contribution >= 0.6 is 15.9 Å². The van der Waals surface area contributed by atoms with Crippen molar-refractivity contribution >= 4 is 32.2 Å². The molecule has 8 heteroatoms. The highest BCUT2D eigenvalue weighted by atomic mass is 79.9. The number of hydrazone groups is 1. The number of sulfonamides is 1. The number of nitrogens with zero attached hydrogens (tertiary/aromatic N) is 1. The molecule has 0 atom stereocenters. The molecule has 0 fully saturated rings. The van der Waals surface area contributed by atoms with Crippen molar-refractivity contribution in [2.75, 3.05) is 7.11 Å². The molecule has 6 nitrogen and oxygen atoms in total. The van der Waals surface area contributed by atoms with Crippen LogP contribution in [0.1, 0.15) is 16.7 Å². The lowest BCUT2D eigenvalue weighted by molar-refractivity contribution is 0.372. The molecular formula is C16H17BrN2O4S. The van der Waals surface area contributed by atoms with Crippen molar-refractivity contribution in [1.82, 2.24) is 4.83 Å². The number of aryl methyl sites for hydroxylation is 2. The summed E-state index contributed by atoms with van der Waals surface area (Å²) >= 11 is 3.22. The molecule has 0 heterocycles. The van der Waals surface area contributed by atoms with E-state index in [1.807, 2.05) is 13.8 Å². The van der Waals surface area contributed by atoms with Crippen LogP contribution in [-0.4, -0.2) is 26.8 Å². The van der Waals surface area contributed by atoms with E-state index in [0.29, 0.717) is 15.8 Å². The summed E-state index contributed by atoms with van der Waals surface area (Å²) in [6.07, 6.45) is 1.29. The first-order chi connectivity index (χ1) is 11.3. The maximum Gasteiger partial charge on any atom is 0.276 e. The summed E-state index contributed by atoms with van der Waals surface area (Å²) in [4.78, 5) is 2.29. The van der Waals surface area contributed by atoms with Crippen LogP contribution in [-0.2, 0) is 10.0 Å². The number of phenolic OH excluding ortho intramolecular Hbond substituents is 1. The number of hydrogen-bond acceptors (Lipinski definition) is 5. The lowest BCUT2D eigenvalue weighted by Crippen LogP contribution is -2.18. The molecule has 0 radical (unpaired) electrons. The number of rotatable bonds is 5. The summed E-state index contributed by atoms with van der Waals surface area (Å²) < 4.78 is 29.8. The van der Waals surface area contributed by atoms with Crippen LogP contribution in [0, 0.1) is 13.8 Å². The molecule has 2 rings (SSSR count). The van der Waals surface area contributed by atoms with E-state index in [4.69, 9.17) is 4.74 Å². The van der Waals surface area contributed by atoms with E-state index in [0.717, 1.165) is 11.1 Å². The van der Waals surface area contributed by atoms with Crippen molar-refractivity contribution in [3.63, 3.8) is 0 Å². The Morgan fingerprint density at radius 2 is 1.92 bits per heavy atom. The van der Waals surface area contributed by atoms with Gasteiger partial charge >= 0.3 is 0 Å². The van der Waals surface area contributed by atoms with Gasteiger partial charge in [0.2, 0.25) is 0 Å². The Bertz CT molecular complexity index is 895. The van der Waals surface area contributed by atoms with Crippen molar-refractivity contribution in [1.29, 1.82) is 0 Å². The van der Waals surface area contributed by atoms with E-state index in [1.165, 1.54) is 19.4 Å². The zero-order valence-electron chi connectivity index (χ0n) is 13.4. The highest BCUT2D eigenvalue weighted by Gasteiger charge is 2.14. The van der Waals surface area contributed by atoms with Crippen LogP contribution in [0.5, 0.6) is 11.5 Å². The van der Waals surface area contributed by atoms with Gasteiger partial charge < -0.3 is 9.84 Å². The largest absolute Gasteiger partial charge is 0.503 e. The van der Waals surface area contributed by atoms with E-state index in [1.54, 1.807) is 24.3 Å². The zero-order chi connectivity index (χ0) is 17.9. The molecule has 2 aromatic rings. The fourth-order valence-electron chi connectivity index (χ4n) is 1.93. The quantitative estimate of drug-likeness (QED) is 0.583. The van der Waals surface area contributed by atoms with Crippen LogP contribution in [0.4, 0.5) is 0 Å². The molecule has 2 aromatic carbocycles. The maximum absolute atomic E-state index is 12.2. The first-order valence-corrected chi connectivity index (χ1v) is 9.21. The summed E-state index contributed by atoms with van der Waals surface area (Å²) in [7, 11) is -2.32. The molecule has 128 valence electrons. The smallest absolute Gasteiger partial charge is 0.276 e. The molecule has 0 amide bonds. The number of ether oxygens (including phenoxy) is 1. The molecule has 0 aliphatic carbocycles. The average molecular weight is 413 g/mol. The van der Waals surface area contributed by atoms with E-state index in [9.17, 15) is 13.5 Å². The fourth-order valence-corrected chi connectivity index (χ4v) is 3.23. The van der Waals surface area contributed by atoms with Gasteiger partial charge in [-0.3, -0.25) is 0 Å². The highest BCUT2D eigenvalue weighted by molar-refractivity contribution is 9.10. The SMILES string of the molecule is COc1ccc(/C=N/NS(=O)(=O)c2ccc(C)c(C)c2)c(Br)c1O.